The van der Waals surface area contributed by atoms with Crippen molar-refractivity contribution < 1.29 is 9.47 Å². The zero-order chi connectivity index (χ0) is 11.8. The van der Waals surface area contributed by atoms with Crippen molar-refractivity contribution in [2.45, 2.75) is 52.2 Å². The third kappa shape index (κ3) is 4.81. The lowest BCUT2D eigenvalue weighted by atomic mass is 9.85. The first-order valence-electron chi connectivity index (χ1n) is 6.70. The highest BCUT2D eigenvalue weighted by Gasteiger charge is 2.28. The van der Waals surface area contributed by atoms with Crippen LogP contribution in [0.15, 0.2) is 0 Å². The third-order valence-electron chi connectivity index (χ3n) is 3.28. The normalized spacial score (nSPS) is 30.6. The molecule has 1 saturated carbocycles. The maximum atomic E-state index is 5.93. The summed E-state index contributed by atoms with van der Waals surface area (Å²) >= 11 is 0. The number of rotatable bonds is 7. The molecule has 1 aliphatic rings. The molecule has 1 aliphatic carbocycles. The van der Waals surface area contributed by atoms with E-state index in [9.17, 15) is 0 Å². The van der Waals surface area contributed by atoms with Crippen LogP contribution in [0, 0.1) is 5.92 Å². The van der Waals surface area contributed by atoms with E-state index in [-0.39, 0.29) is 0 Å². The molecule has 0 bridgehead atoms. The summed E-state index contributed by atoms with van der Waals surface area (Å²) in [6.45, 7) is 9.76. The van der Waals surface area contributed by atoms with E-state index in [1.165, 1.54) is 19.3 Å². The quantitative estimate of drug-likeness (QED) is 0.679. The molecule has 1 fully saturated rings. The molecule has 0 aromatic carbocycles. The van der Waals surface area contributed by atoms with Crippen LogP contribution in [-0.4, -0.2) is 38.5 Å². The van der Waals surface area contributed by atoms with E-state index >= 15 is 0 Å². The van der Waals surface area contributed by atoms with Crippen LogP contribution in [-0.2, 0) is 9.47 Å². The van der Waals surface area contributed by atoms with Gasteiger partial charge in [-0.25, -0.2) is 0 Å². The summed E-state index contributed by atoms with van der Waals surface area (Å²) in [5.74, 6) is 0.798. The fourth-order valence-corrected chi connectivity index (χ4v) is 2.41. The Kier molecular flexibility index (Phi) is 7.01. The Labute approximate surface area is 99.9 Å². The van der Waals surface area contributed by atoms with Crippen molar-refractivity contribution in [2.75, 3.05) is 26.4 Å². The molecule has 0 aliphatic heterocycles. The Morgan fingerprint density at radius 2 is 2.00 bits per heavy atom. The van der Waals surface area contributed by atoms with E-state index in [1.807, 2.05) is 6.92 Å². The molecule has 3 heteroatoms. The summed E-state index contributed by atoms with van der Waals surface area (Å²) in [5.41, 5.74) is 0. The lowest BCUT2D eigenvalue weighted by Crippen LogP contribution is -2.45. The Morgan fingerprint density at radius 1 is 1.19 bits per heavy atom. The Morgan fingerprint density at radius 3 is 2.69 bits per heavy atom. The van der Waals surface area contributed by atoms with Gasteiger partial charge >= 0.3 is 0 Å². The summed E-state index contributed by atoms with van der Waals surface area (Å²) in [4.78, 5) is 0. The highest BCUT2D eigenvalue weighted by molar-refractivity contribution is 4.84. The Bertz CT molecular complexity index is 175. The molecule has 1 N–H and O–H groups in total. The number of ether oxygens (including phenoxy) is 2. The third-order valence-corrected chi connectivity index (χ3v) is 3.28. The van der Waals surface area contributed by atoms with Gasteiger partial charge < -0.3 is 14.8 Å². The second-order valence-corrected chi connectivity index (χ2v) is 4.69. The molecule has 0 amide bonds. The van der Waals surface area contributed by atoms with Crippen molar-refractivity contribution in [3.63, 3.8) is 0 Å². The second kappa shape index (κ2) is 8.04. The van der Waals surface area contributed by atoms with Crippen LogP contribution in [0.3, 0.4) is 0 Å². The molecule has 0 heterocycles. The van der Waals surface area contributed by atoms with Gasteiger partial charge in [0.05, 0.1) is 19.3 Å². The zero-order valence-electron chi connectivity index (χ0n) is 11.0. The smallest absolute Gasteiger partial charge is 0.0731 e. The van der Waals surface area contributed by atoms with Crippen LogP contribution < -0.4 is 5.32 Å². The van der Waals surface area contributed by atoms with Gasteiger partial charge in [0, 0.05) is 12.6 Å². The molecular formula is C13H27NO2. The number of hydrogen-bond acceptors (Lipinski definition) is 3. The highest BCUT2D eigenvalue weighted by Crippen LogP contribution is 2.26. The standard InChI is InChI=1S/C13H27NO2/c1-4-14-12-7-6-11(3)10-13(12)16-9-8-15-5-2/h11-14H,4-10H2,1-3H3. The van der Waals surface area contributed by atoms with Crippen LogP contribution in [0.4, 0.5) is 0 Å². The summed E-state index contributed by atoms with van der Waals surface area (Å²) in [6, 6.07) is 0.544. The van der Waals surface area contributed by atoms with Gasteiger partial charge in [0.2, 0.25) is 0 Å². The minimum Gasteiger partial charge on any atom is -0.379 e. The summed E-state index contributed by atoms with van der Waals surface area (Å²) in [7, 11) is 0. The molecule has 1 rings (SSSR count). The average molecular weight is 229 g/mol. The molecule has 0 radical (unpaired) electrons. The predicted molar refractivity (Wildman–Crippen MR) is 66.7 cm³/mol. The maximum Gasteiger partial charge on any atom is 0.0731 e. The summed E-state index contributed by atoms with van der Waals surface area (Å²) in [6.07, 6.45) is 4.13. The monoisotopic (exact) mass is 229 g/mol. The first kappa shape index (κ1) is 13.9. The molecule has 3 unspecified atom stereocenters. The van der Waals surface area contributed by atoms with Gasteiger partial charge in [0.25, 0.3) is 0 Å². The number of nitrogens with one attached hydrogen (secondary N) is 1. The fraction of sp³-hybridized carbons (Fsp3) is 1.00. The minimum atomic E-state index is 0.379. The van der Waals surface area contributed by atoms with Crippen molar-refractivity contribution in [3.8, 4) is 0 Å². The van der Waals surface area contributed by atoms with Crippen molar-refractivity contribution in [1.29, 1.82) is 0 Å². The molecule has 3 atom stereocenters. The SMILES string of the molecule is CCNC1CCC(C)CC1OCCOCC. The van der Waals surface area contributed by atoms with Gasteiger partial charge in [-0.3, -0.25) is 0 Å². The van der Waals surface area contributed by atoms with Crippen molar-refractivity contribution in [1.82, 2.24) is 5.32 Å². The topological polar surface area (TPSA) is 30.5 Å². The van der Waals surface area contributed by atoms with E-state index < -0.39 is 0 Å². The molecular weight excluding hydrogens is 202 g/mol. The Balaban J connectivity index is 2.26. The first-order valence-corrected chi connectivity index (χ1v) is 6.70. The fourth-order valence-electron chi connectivity index (χ4n) is 2.41. The van der Waals surface area contributed by atoms with Crippen molar-refractivity contribution in [2.24, 2.45) is 5.92 Å². The van der Waals surface area contributed by atoms with Crippen LogP contribution in [0.1, 0.15) is 40.0 Å². The lowest BCUT2D eigenvalue weighted by Gasteiger charge is -2.35. The highest BCUT2D eigenvalue weighted by atomic mass is 16.5. The average Bonchev–Trinajstić information content (AvgIpc) is 2.28. The second-order valence-electron chi connectivity index (χ2n) is 4.69. The van der Waals surface area contributed by atoms with Gasteiger partial charge in [-0.15, -0.1) is 0 Å². The molecule has 0 saturated heterocycles. The zero-order valence-corrected chi connectivity index (χ0v) is 11.0. The molecule has 0 aromatic heterocycles. The number of hydrogen-bond donors (Lipinski definition) is 1. The van der Waals surface area contributed by atoms with Gasteiger partial charge in [0.15, 0.2) is 0 Å². The van der Waals surface area contributed by atoms with E-state index in [4.69, 9.17) is 9.47 Å². The molecule has 16 heavy (non-hydrogen) atoms. The van der Waals surface area contributed by atoms with Crippen LogP contribution >= 0.6 is 0 Å². The summed E-state index contributed by atoms with van der Waals surface area (Å²) in [5, 5.41) is 3.53. The molecule has 0 spiro atoms. The van der Waals surface area contributed by atoms with E-state index in [1.54, 1.807) is 0 Å². The van der Waals surface area contributed by atoms with Crippen LogP contribution in [0.2, 0.25) is 0 Å². The Hall–Kier alpha value is -0.120. The molecule has 3 nitrogen and oxygen atoms in total. The molecule has 96 valence electrons. The lowest BCUT2D eigenvalue weighted by molar-refractivity contribution is -0.0325. The molecule has 0 aromatic rings. The van der Waals surface area contributed by atoms with Crippen LogP contribution in [0.5, 0.6) is 0 Å². The van der Waals surface area contributed by atoms with Gasteiger partial charge in [-0.1, -0.05) is 13.8 Å². The van der Waals surface area contributed by atoms with Crippen LogP contribution in [0.25, 0.3) is 0 Å². The van der Waals surface area contributed by atoms with Crippen molar-refractivity contribution in [3.05, 3.63) is 0 Å². The van der Waals surface area contributed by atoms with E-state index in [2.05, 4.69) is 19.2 Å². The predicted octanol–water partition coefficient (Wildman–Crippen LogP) is 2.21. The minimum absolute atomic E-state index is 0.379. The van der Waals surface area contributed by atoms with Gasteiger partial charge in [-0.2, -0.15) is 0 Å². The van der Waals surface area contributed by atoms with E-state index in [0.717, 1.165) is 32.3 Å². The van der Waals surface area contributed by atoms with Gasteiger partial charge in [-0.05, 0) is 38.6 Å². The maximum absolute atomic E-state index is 5.93. The van der Waals surface area contributed by atoms with E-state index in [0.29, 0.717) is 12.1 Å². The van der Waals surface area contributed by atoms with Gasteiger partial charge in [0.1, 0.15) is 0 Å². The van der Waals surface area contributed by atoms with Crippen molar-refractivity contribution >= 4 is 0 Å². The first-order chi connectivity index (χ1) is 7.77. The largest absolute Gasteiger partial charge is 0.379 e. The number of likely N-dealkylation sites (N-methyl/N-ethyl adjacent to an activating group) is 1. The summed E-state index contributed by atoms with van der Waals surface area (Å²) < 4.78 is 11.2.